The van der Waals surface area contributed by atoms with Crippen LogP contribution in [-0.4, -0.2) is 53.8 Å². The minimum atomic E-state index is 0.406. The van der Waals surface area contributed by atoms with Gasteiger partial charge < -0.3 is 9.64 Å². The van der Waals surface area contributed by atoms with Crippen LogP contribution in [0.4, 0.5) is 5.82 Å². The summed E-state index contributed by atoms with van der Waals surface area (Å²) in [6.45, 7) is 12.6. The second kappa shape index (κ2) is 7.79. The maximum Gasteiger partial charge on any atom is 0.146 e. The van der Waals surface area contributed by atoms with E-state index in [1.165, 1.54) is 41.8 Å². The third-order valence-corrected chi connectivity index (χ3v) is 6.86. The van der Waals surface area contributed by atoms with E-state index >= 15 is 0 Å². The van der Waals surface area contributed by atoms with Crippen LogP contribution in [0.5, 0.6) is 0 Å². The minimum Gasteiger partial charge on any atom is -0.378 e. The fourth-order valence-corrected chi connectivity index (χ4v) is 5.22. The van der Waals surface area contributed by atoms with Crippen molar-refractivity contribution in [3.63, 3.8) is 0 Å². The summed E-state index contributed by atoms with van der Waals surface area (Å²) in [5.41, 5.74) is 1.35. The maximum atomic E-state index is 5.83. The van der Waals surface area contributed by atoms with Crippen molar-refractivity contribution in [2.75, 3.05) is 37.7 Å². The van der Waals surface area contributed by atoms with Crippen molar-refractivity contribution in [1.82, 2.24) is 14.9 Å². The summed E-state index contributed by atoms with van der Waals surface area (Å²) in [6, 6.07) is 0. The highest BCUT2D eigenvalue weighted by atomic mass is 32.1. The highest BCUT2D eigenvalue weighted by Gasteiger charge is 2.25. The van der Waals surface area contributed by atoms with E-state index in [1.54, 1.807) is 0 Å². The summed E-state index contributed by atoms with van der Waals surface area (Å²) >= 11 is 1.82. The Morgan fingerprint density at radius 2 is 1.81 bits per heavy atom. The fourth-order valence-electron chi connectivity index (χ4n) is 4.18. The van der Waals surface area contributed by atoms with Crippen LogP contribution in [-0.2, 0) is 11.3 Å². The Balaban J connectivity index is 1.64. The molecule has 2 aliphatic rings. The standard InChI is InChI=1S/C20H30N4OS/c1-4-25-16-7-11-24(12-8-16)19-18-14(2)15(3)26-20(18)22-17(21-19)13-23-9-5-6-10-23/h16H,4-13H2,1-3H3. The fraction of sp³-hybridized carbons (Fsp3) is 0.700. The Kier molecular flexibility index (Phi) is 5.43. The van der Waals surface area contributed by atoms with E-state index in [0.29, 0.717) is 6.10 Å². The summed E-state index contributed by atoms with van der Waals surface area (Å²) < 4.78 is 5.83. The zero-order chi connectivity index (χ0) is 18.1. The van der Waals surface area contributed by atoms with E-state index in [-0.39, 0.29) is 0 Å². The Morgan fingerprint density at radius 3 is 2.50 bits per heavy atom. The lowest BCUT2D eigenvalue weighted by atomic mass is 10.1. The number of hydrogen-bond acceptors (Lipinski definition) is 6. The normalized spacial score (nSPS) is 19.7. The Morgan fingerprint density at radius 1 is 1.08 bits per heavy atom. The number of rotatable bonds is 5. The van der Waals surface area contributed by atoms with Gasteiger partial charge in [-0.2, -0.15) is 0 Å². The van der Waals surface area contributed by atoms with Gasteiger partial charge in [0.1, 0.15) is 16.5 Å². The van der Waals surface area contributed by atoms with Gasteiger partial charge in [-0.15, -0.1) is 11.3 Å². The van der Waals surface area contributed by atoms with Gasteiger partial charge in [0.05, 0.1) is 18.0 Å². The third-order valence-electron chi connectivity index (χ3n) is 5.76. The number of aromatic nitrogens is 2. The van der Waals surface area contributed by atoms with Crippen molar-refractivity contribution in [3.8, 4) is 0 Å². The lowest BCUT2D eigenvalue weighted by molar-refractivity contribution is 0.0458. The lowest BCUT2D eigenvalue weighted by Crippen LogP contribution is -2.38. The average molecular weight is 375 g/mol. The summed E-state index contributed by atoms with van der Waals surface area (Å²) in [4.78, 5) is 17.5. The number of aryl methyl sites for hydroxylation is 2. The third kappa shape index (κ3) is 3.59. The quantitative estimate of drug-likeness (QED) is 0.794. The first kappa shape index (κ1) is 18.1. The molecule has 5 nitrogen and oxygen atoms in total. The molecule has 2 saturated heterocycles. The zero-order valence-corrected chi connectivity index (χ0v) is 17.1. The van der Waals surface area contributed by atoms with E-state index in [1.807, 2.05) is 11.3 Å². The Labute approximate surface area is 160 Å². The van der Waals surface area contributed by atoms with E-state index in [4.69, 9.17) is 14.7 Å². The predicted molar refractivity (Wildman–Crippen MR) is 108 cm³/mol. The number of anilines is 1. The molecule has 0 atom stereocenters. The molecule has 6 heteroatoms. The summed E-state index contributed by atoms with van der Waals surface area (Å²) in [7, 11) is 0. The van der Waals surface area contributed by atoms with E-state index in [0.717, 1.165) is 55.6 Å². The lowest BCUT2D eigenvalue weighted by Gasteiger charge is -2.33. The Hall–Kier alpha value is -1.24. The van der Waals surface area contributed by atoms with Crippen molar-refractivity contribution >= 4 is 27.4 Å². The summed E-state index contributed by atoms with van der Waals surface area (Å²) in [5.74, 6) is 2.14. The molecule has 4 heterocycles. The molecule has 0 saturated carbocycles. The van der Waals surface area contributed by atoms with Gasteiger partial charge in [0.25, 0.3) is 0 Å². The monoisotopic (exact) mass is 374 g/mol. The molecule has 0 bridgehead atoms. The highest BCUT2D eigenvalue weighted by molar-refractivity contribution is 7.18. The number of piperidine rings is 1. The van der Waals surface area contributed by atoms with Crippen molar-refractivity contribution < 1.29 is 4.74 Å². The largest absolute Gasteiger partial charge is 0.378 e. The maximum absolute atomic E-state index is 5.83. The average Bonchev–Trinajstić information content (AvgIpc) is 3.24. The van der Waals surface area contributed by atoms with E-state index in [2.05, 4.69) is 30.6 Å². The molecule has 26 heavy (non-hydrogen) atoms. The Bertz CT molecular complexity index is 761. The number of fused-ring (bicyclic) bond motifs is 1. The van der Waals surface area contributed by atoms with Crippen LogP contribution in [0, 0.1) is 13.8 Å². The number of thiophene rings is 1. The molecular formula is C20H30N4OS. The summed E-state index contributed by atoms with van der Waals surface area (Å²) in [5, 5.41) is 1.27. The number of ether oxygens (including phenoxy) is 1. The first-order chi connectivity index (χ1) is 12.7. The van der Waals surface area contributed by atoms with Crippen molar-refractivity contribution in [3.05, 3.63) is 16.3 Å². The van der Waals surface area contributed by atoms with Gasteiger partial charge in [0, 0.05) is 24.6 Å². The van der Waals surface area contributed by atoms with Gasteiger partial charge in [-0.05, 0) is 65.1 Å². The van der Waals surface area contributed by atoms with Crippen LogP contribution in [0.2, 0.25) is 0 Å². The molecule has 0 N–H and O–H groups in total. The molecule has 2 aromatic heterocycles. The molecule has 2 aliphatic heterocycles. The molecular weight excluding hydrogens is 344 g/mol. The minimum absolute atomic E-state index is 0.406. The second-order valence-electron chi connectivity index (χ2n) is 7.55. The van der Waals surface area contributed by atoms with Crippen LogP contribution in [0.15, 0.2) is 0 Å². The van der Waals surface area contributed by atoms with Gasteiger partial charge in [-0.1, -0.05) is 0 Å². The molecule has 0 amide bonds. The first-order valence-electron chi connectivity index (χ1n) is 10.0. The molecule has 0 aliphatic carbocycles. The summed E-state index contributed by atoms with van der Waals surface area (Å²) in [6.07, 6.45) is 5.18. The zero-order valence-electron chi connectivity index (χ0n) is 16.3. The van der Waals surface area contributed by atoms with Crippen molar-refractivity contribution in [2.24, 2.45) is 0 Å². The number of likely N-dealkylation sites (tertiary alicyclic amines) is 1. The molecule has 4 rings (SSSR count). The van der Waals surface area contributed by atoms with Crippen molar-refractivity contribution in [1.29, 1.82) is 0 Å². The van der Waals surface area contributed by atoms with Gasteiger partial charge in [0.2, 0.25) is 0 Å². The topological polar surface area (TPSA) is 41.5 Å². The van der Waals surface area contributed by atoms with Gasteiger partial charge in [-0.3, -0.25) is 4.90 Å². The van der Waals surface area contributed by atoms with Crippen molar-refractivity contribution in [2.45, 2.75) is 59.1 Å². The molecule has 2 fully saturated rings. The second-order valence-corrected chi connectivity index (χ2v) is 8.76. The SMILES string of the molecule is CCOC1CCN(c2nc(CN3CCCC3)nc3sc(C)c(C)c23)CC1. The van der Waals surface area contributed by atoms with Gasteiger partial charge >= 0.3 is 0 Å². The van der Waals surface area contributed by atoms with E-state index < -0.39 is 0 Å². The van der Waals surface area contributed by atoms with Gasteiger partial charge in [-0.25, -0.2) is 9.97 Å². The molecule has 0 spiro atoms. The highest BCUT2D eigenvalue weighted by Crippen LogP contribution is 2.36. The number of hydrogen-bond donors (Lipinski definition) is 0. The van der Waals surface area contributed by atoms with Gasteiger partial charge in [0.15, 0.2) is 0 Å². The number of nitrogens with zero attached hydrogens (tertiary/aromatic N) is 4. The smallest absolute Gasteiger partial charge is 0.146 e. The van der Waals surface area contributed by atoms with Crippen LogP contribution < -0.4 is 4.90 Å². The van der Waals surface area contributed by atoms with E-state index in [9.17, 15) is 0 Å². The molecule has 0 unspecified atom stereocenters. The first-order valence-corrected chi connectivity index (χ1v) is 10.8. The predicted octanol–water partition coefficient (Wildman–Crippen LogP) is 3.91. The molecule has 2 aromatic rings. The molecule has 0 radical (unpaired) electrons. The van der Waals surface area contributed by atoms with Crippen LogP contribution >= 0.6 is 11.3 Å². The van der Waals surface area contributed by atoms with Crippen LogP contribution in [0.25, 0.3) is 10.2 Å². The molecule has 0 aromatic carbocycles. The van der Waals surface area contributed by atoms with Crippen LogP contribution in [0.3, 0.4) is 0 Å². The van der Waals surface area contributed by atoms with Crippen LogP contribution in [0.1, 0.15) is 48.9 Å². The molecule has 142 valence electrons.